The molecule has 1 saturated heterocycles. The Hall–Kier alpha value is -3.77. The van der Waals surface area contributed by atoms with E-state index >= 15 is 0 Å². The van der Waals surface area contributed by atoms with Gasteiger partial charge in [0.15, 0.2) is 11.6 Å². The topological polar surface area (TPSA) is 97.2 Å². The molecule has 3 aromatic rings. The molecule has 0 saturated carbocycles. The number of hydrogen-bond donors (Lipinski definition) is 1. The van der Waals surface area contributed by atoms with Crippen molar-refractivity contribution in [3.05, 3.63) is 69.5 Å². The monoisotopic (exact) mass is 451 g/mol. The number of nitrogens with zero attached hydrogens (tertiary/aromatic N) is 4. The molecule has 1 aromatic heterocycles. The number of hydrogen-bond acceptors (Lipinski definition) is 6. The Morgan fingerprint density at radius 1 is 1.15 bits per heavy atom. The van der Waals surface area contributed by atoms with Crippen molar-refractivity contribution in [3.63, 3.8) is 0 Å². The van der Waals surface area contributed by atoms with Crippen LogP contribution in [0.2, 0.25) is 0 Å². The Kier molecular flexibility index (Phi) is 6.11. The van der Waals surface area contributed by atoms with Crippen molar-refractivity contribution in [2.24, 2.45) is 5.73 Å². The van der Waals surface area contributed by atoms with Gasteiger partial charge in [-0.3, -0.25) is 9.36 Å². The van der Waals surface area contributed by atoms with Crippen LogP contribution < -0.4 is 20.9 Å². The lowest BCUT2D eigenvalue weighted by Crippen LogP contribution is -2.41. The van der Waals surface area contributed by atoms with Crippen LogP contribution in [0.1, 0.15) is 24.0 Å². The Morgan fingerprint density at radius 3 is 2.48 bits per heavy atom. The summed E-state index contributed by atoms with van der Waals surface area (Å²) in [5.74, 6) is -0.725. The number of piperidine rings is 1. The number of methoxy groups -OCH3 is 1. The first-order chi connectivity index (χ1) is 15.8. The van der Waals surface area contributed by atoms with Gasteiger partial charge < -0.3 is 15.4 Å². The van der Waals surface area contributed by atoms with Gasteiger partial charge in [0.05, 0.1) is 23.9 Å². The second kappa shape index (κ2) is 9.00. The minimum absolute atomic E-state index is 0.0312. The van der Waals surface area contributed by atoms with Crippen LogP contribution in [0.4, 0.5) is 14.6 Å². The normalized spacial score (nSPS) is 14.2. The van der Waals surface area contributed by atoms with Crippen LogP contribution in [0.5, 0.6) is 5.75 Å². The molecule has 2 aromatic carbocycles. The molecule has 1 aliphatic heterocycles. The number of anilines is 1. The Bertz CT molecular complexity index is 1310. The maximum Gasteiger partial charge on any atom is 0.263 e. The molecule has 0 unspecified atom stereocenters. The summed E-state index contributed by atoms with van der Waals surface area (Å²) >= 11 is 0. The quantitative estimate of drug-likeness (QED) is 0.654. The van der Waals surface area contributed by atoms with Crippen LogP contribution in [0.15, 0.2) is 41.2 Å². The van der Waals surface area contributed by atoms with Crippen LogP contribution in [0, 0.1) is 29.9 Å². The van der Waals surface area contributed by atoms with Gasteiger partial charge in [-0.2, -0.15) is 5.26 Å². The Labute approximate surface area is 189 Å². The molecule has 7 nitrogen and oxygen atoms in total. The standard InChI is InChI=1S/C24H23F2N5O2/c1-14-22(30-9-7-17(28)8-10-30)29-23(15-3-4-16(13-27)19(25)11-15)31(24(14)32)18-5-6-21(33-2)20(26)12-18/h3-6,11-12,17H,7-10,28H2,1-2H3. The van der Waals surface area contributed by atoms with E-state index in [1.807, 2.05) is 4.90 Å². The fraction of sp³-hybridized carbons (Fsp3) is 0.292. The fourth-order valence-corrected chi connectivity index (χ4v) is 3.99. The average molecular weight is 451 g/mol. The highest BCUT2D eigenvalue weighted by molar-refractivity contribution is 5.64. The van der Waals surface area contributed by atoms with Gasteiger partial charge in [0, 0.05) is 30.8 Å². The van der Waals surface area contributed by atoms with E-state index in [0.29, 0.717) is 24.5 Å². The summed E-state index contributed by atoms with van der Waals surface area (Å²) in [6.45, 7) is 2.94. The van der Waals surface area contributed by atoms with Gasteiger partial charge in [0.1, 0.15) is 23.5 Å². The zero-order valence-electron chi connectivity index (χ0n) is 18.3. The minimum atomic E-state index is -0.734. The molecule has 1 aliphatic rings. The summed E-state index contributed by atoms with van der Waals surface area (Å²) in [7, 11) is 1.35. The van der Waals surface area contributed by atoms with Crippen LogP contribution in [-0.2, 0) is 0 Å². The van der Waals surface area contributed by atoms with Gasteiger partial charge in [-0.1, -0.05) is 0 Å². The first-order valence-corrected chi connectivity index (χ1v) is 10.5. The molecule has 1 fully saturated rings. The number of aromatic nitrogens is 2. The lowest BCUT2D eigenvalue weighted by atomic mass is 10.1. The third-order valence-electron chi connectivity index (χ3n) is 5.86. The summed E-state index contributed by atoms with van der Waals surface area (Å²) in [5, 5.41) is 9.08. The molecule has 0 amide bonds. The number of nitrogens with two attached hydrogens (primary N) is 1. The summed E-state index contributed by atoms with van der Waals surface area (Å²) < 4.78 is 35.2. The van der Waals surface area contributed by atoms with E-state index in [2.05, 4.69) is 0 Å². The minimum Gasteiger partial charge on any atom is -0.494 e. The highest BCUT2D eigenvalue weighted by atomic mass is 19.1. The van der Waals surface area contributed by atoms with Crippen LogP contribution in [0.3, 0.4) is 0 Å². The highest BCUT2D eigenvalue weighted by Crippen LogP contribution is 2.28. The summed E-state index contributed by atoms with van der Waals surface area (Å²) in [6.07, 6.45) is 1.52. The van der Waals surface area contributed by atoms with Crippen molar-refractivity contribution in [1.82, 2.24) is 9.55 Å². The number of rotatable bonds is 4. The van der Waals surface area contributed by atoms with E-state index in [-0.39, 0.29) is 34.4 Å². The molecule has 9 heteroatoms. The van der Waals surface area contributed by atoms with E-state index in [9.17, 15) is 13.6 Å². The predicted molar refractivity (Wildman–Crippen MR) is 121 cm³/mol. The zero-order chi connectivity index (χ0) is 23.7. The smallest absolute Gasteiger partial charge is 0.263 e. The molecule has 2 N–H and O–H groups in total. The maximum atomic E-state index is 14.5. The van der Waals surface area contributed by atoms with Crippen molar-refractivity contribution in [1.29, 1.82) is 5.26 Å². The van der Waals surface area contributed by atoms with E-state index in [4.69, 9.17) is 20.7 Å². The lowest BCUT2D eigenvalue weighted by Gasteiger charge is -2.32. The van der Waals surface area contributed by atoms with Gasteiger partial charge in [-0.15, -0.1) is 0 Å². The van der Waals surface area contributed by atoms with Gasteiger partial charge in [-0.05, 0) is 50.1 Å². The molecule has 170 valence electrons. The van der Waals surface area contributed by atoms with E-state index < -0.39 is 17.2 Å². The average Bonchev–Trinajstić information content (AvgIpc) is 2.81. The van der Waals surface area contributed by atoms with Crippen molar-refractivity contribution in [2.45, 2.75) is 25.8 Å². The van der Waals surface area contributed by atoms with Gasteiger partial charge in [-0.25, -0.2) is 13.8 Å². The molecule has 0 bridgehead atoms. The summed E-state index contributed by atoms with van der Waals surface area (Å²) in [6, 6.07) is 10.00. The van der Waals surface area contributed by atoms with Crippen LogP contribution >= 0.6 is 0 Å². The third kappa shape index (κ3) is 4.17. The van der Waals surface area contributed by atoms with E-state index in [0.717, 1.165) is 18.9 Å². The first-order valence-electron chi connectivity index (χ1n) is 10.5. The number of halogens is 2. The SMILES string of the molecule is COc1ccc(-n2c(-c3ccc(C#N)c(F)c3)nc(N3CCC(N)CC3)c(C)c2=O)cc1F. The highest BCUT2D eigenvalue weighted by Gasteiger charge is 2.24. The van der Waals surface area contributed by atoms with Crippen molar-refractivity contribution in [3.8, 4) is 28.9 Å². The maximum absolute atomic E-state index is 14.5. The third-order valence-corrected chi connectivity index (χ3v) is 5.86. The molecule has 0 aliphatic carbocycles. The second-order valence-electron chi connectivity index (χ2n) is 7.97. The number of nitriles is 1. The fourth-order valence-electron chi connectivity index (χ4n) is 3.99. The number of ether oxygens (including phenoxy) is 1. The molecule has 4 rings (SSSR count). The Balaban J connectivity index is 1.96. The first kappa shape index (κ1) is 22.4. The molecular formula is C24H23F2N5O2. The zero-order valence-corrected chi connectivity index (χ0v) is 18.3. The Morgan fingerprint density at radius 2 is 1.88 bits per heavy atom. The summed E-state index contributed by atoms with van der Waals surface area (Å²) in [4.78, 5) is 20.3. The van der Waals surface area contributed by atoms with E-state index in [1.54, 1.807) is 13.0 Å². The predicted octanol–water partition coefficient (Wildman–Crippen LogP) is 3.29. The number of benzene rings is 2. The van der Waals surface area contributed by atoms with Crippen molar-refractivity contribution in [2.75, 3.05) is 25.1 Å². The molecule has 0 atom stereocenters. The molecule has 0 spiro atoms. The van der Waals surface area contributed by atoms with Gasteiger partial charge in [0.25, 0.3) is 5.56 Å². The van der Waals surface area contributed by atoms with Crippen LogP contribution in [0.25, 0.3) is 17.1 Å². The molecule has 2 heterocycles. The largest absolute Gasteiger partial charge is 0.494 e. The van der Waals surface area contributed by atoms with Gasteiger partial charge >= 0.3 is 0 Å². The van der Waals surface area contributed by atoms with Crippen molar-refractivity contribution >= 4 is 5.82 Å². The molecule has 33 heavy (non-hydrogen) atoms. The molecule has 0 radical (unpaired) electrons. The van der Waals surface area contributed by atoms with E-state index in [1.165, 1.54) is 42.0 Å². The van der Waals surface area contributed by atoms with Crippen LogP contribution in [-0.4, -0.2) is 35.8 Å². The van der Waals surface area contributed by atoms with Crippen molar-refractivity contribution < 1.29 is 13.5 Å². The molecular weight excluding hydrogens is 428 g/mol. The summed E-state index contributed by atoms with van der Waals surface area (Å²) in [5.41, 5.74) is 6.39. The van der Waals surface area contributed by atoms with Gasteiger partial charge in [0.2, 0.25) is 0 Å². The second-order valence-corrected chi connectivity index (χ2v) is 7.97. The lowest BCUT2D eigenvalue weighted by molar-refractivity contribution is 0.386.